The first-order valence-electron chi connectivity index (χ1n) is 5.13. The number of nitrogens with one attached hydrogen (secondary N) is 1. The maximum absolute atomic E-state index is 12.2. The Morgan fingerprint density at radius 1 is 1.31 bits per heavy atom. The molecule has 1 unspecified atom stereocenters. The van der Waals surface area contributed by atoms with Crippen LogP contribution in [-0.4, -0.2) is 16.7 Å². The summed E-state index contributed by atoms with van der Waals surface area (Å²) in [6, 6.07) is -0.316. The fourth-order valence-corrected chi connectivity index (χ4v) is 1.21. The minimum atomic E-state index is -4.58. The van der Waals surface area contributed by atoms with Gasteiger partial charge < -0.3 is 9.73 Å². The van der Waals surface area contributed by atoms with E-state index in [4.69, 9.17) is 0 Å². The van der Waals surface area contributed by atoms with Crippen molar-refractivity contribution in [1.29, 1.82) is 0 Å². The Hall–Kier alpha value is -1.11. The minimum Gasteiger partial charge on any atom is -0.416 e. The number of aromatic nitrogens is 2. The molecule has 0 aliphatic carbocycles. The Morgan fingerprint density at radius 2 is 2.00 bits per heavy atom. The van der Waals surface area contributed by atoms with Crippen LogP contribution in [-0.2, 0) is 6.18 Å². The summed E-state index contributed by atoms with van der Waals surface area (Å²) in [6.07, 6.45) is -3.09. The van der Waals surface area contributed by atoms with Gasteiger partial charge in [0.15, 0.2) is 0 Å². The summed E-state index contributed by atoms with van der Waals surface area (Å²) in [5, 5.41) is 9.43. The molecule has 0 bridgehead atoms. The molecule has 1 atom stereocenters. The Bertz CT molecular complexity index is 324. The molecule has 0 aromatic carbocycles. The Balaban J connectivity index is 2.75. The van der Waals surface area contributed by atoms with E-state index in [-0.39, 0.29) is 11.9 Å². The predicted octanol–water partition coefficient (Wildman–Crippen LogP) is 2.54. The van der Waals surface area contributed by atoms with E-state index in [1.165, 1.54) is 0 Å². The molecule has 1 aromatic heterocycles. The van der Waals surface area contributed by atoms with Crippen molar-refractivity contribution < 1.29 is 17.6 Å². The van der Waals surface area contributed by atoms with Crippen molar-refractivity contribution >= 4 is 0 Å². The molecule has 0 radical (unpaired) electrons. The first-order chi connectivity index (χ1) is 7.49. The molecule has 0 saturated carbocycles. The lowest BCUT2D eigenvalue weighted by molar-refractivity contribution is -0.157. The molecular weight excluding hydrogens is 223 g/mol. The lowest BCUT2D eigenvalue weighted by Crippen LogP contribution is -2.21. The van der Waals surface area contributed by atoms with Crippen molar-refractivity contribution in [2.75, 3.05) is 6.54 Å². The van der Waals surface area contributed by atoms with Crippen LogP contribution in [0.2, 0.25) is 0 Å². The molecular formula is C9H14F3N3O. The zero-order valence-corrected chi connectivity index (χ0v) is 9.14. The molecule has 1 heterocycles. The average Bonchev–Trinajstić information content (AvgIpc) is 2.68. The third-order valence-electron chi connectivity index (χ3n) is 2.03. The van der Waals surface area contributed by atoms with Gasteiger partial charge >= 0.3 is 12.1 Å². The molecule has 1 aromatic rings. The number of hydrogen-bond donors (Lipinski definition) is 1. The number of hydrogen-bond acceptors (Lipinski definition) is 4. The average molecular weight is 237 g/mol. The minimum absolute atomic E-state index is 0.0109. The molecule has 1 N–H and O–H groups in total. The van der Waals surface area contributed by atoms with Gasteiger partial charge in [-0.25, -0.2) is 0 Å². The van der Waals surface area contributed by atoms with E-state index in [0.717, 1.165) is 6.42 Å². The summed E-state index contributed by atoms with van der Waals surface area (Å²) in [7, 11) is 0. The van der Waals surface area contributed by atoms with E-state index >= 15 is 0 Å². The summed E-state index contributed by atoms with van der Waals surface area (Å²) in [6.45, 7) is 4.50. The molecule has 0 aliphatic heterocycles. The number of alkyl halides is 3. The first-order valence-corrected chi connectivity index (χ1v) is 5.13. The molecule has 0 saturated heterocycles. The largest absolute Gasteiger partial charge is 0.470 e. The Kier molecular flexibility index (Phi) is 4.28. The summed E-state index contributed by atoms with van der Waals surface area (Å²) < 4.78 is 41.2. The van der Waals surface area contributed by atoms with E-state index < -0.39 is 12.1 Å². The third-order valence-corrected chi connectivity index (χ3v) is 2.03. The SMILES string of the molecule is CCCNC(CC)c1nnc(C(F)(F)F)o1. The standard InChI is InChI=1S/C9H14F3N3O/c1-3-5-13-6(4-2)7-14-15-8(16-7)9(10,11)12/h6,13H,3-5H2,1-2H3. The van der Waals surface area contributed by atoms with Gasteiger partial charge in [-0.15, -0.1) is 10.2 Å². The van der Waals surface area contributed by atoms with Crippen LogP contribution in [0.1, 0.15) is 44.5 Å². The third kappa shape index (κ3) is 3.19. The molecule has 1 rings (SSSR count). The van der Waals surface area contributed by atoms with Gasteiger partial charge in [-0.3, -0.25) is 0 Å². The van der Waals surface area contributed by atoms with E-state index in [0.29, 0.717) is 13.0 Å². The normalized spacial score (nSPS) is 14.1. The maximum Gasteiger partial charge on any atom is 0.470 e. The van der Waals surface area contributed by atoms with Gasteiger partial charge in [-0.1, -0.05) is 13.8 Å². The van der Waals surface area contributed by atoms with Gasteiger partial charge in [-0.05, 0) is 19.4 Å². The highest BCUT2D eigenvalue weighted by molar-refractivity contribution is 4.92. The molecule has 0 spiro atoms. The molecule has 0 aliphatic rings. The van der Waals surface area contributed by atoms with Gasteiger partial charge in [0.05, 0.1) is 6.04 Å². The van der Waals surface area contributed by atoms with Crippen molar-refractivity contribution in [1.82, 2.24) is 15.5 Å². The van der Waals surface area contributed by atoms with Crippen LogP contribution in [0.5, 0.6) is 0 Å². The highest BCUT2D eigenvalue weighted by Crippen LogP contribution is 2.29. The van der Waals surface area contributed by atoms with Crippen LogP contribution in [0, 0.1) is 0 Å². The van der Waals surface area contributed by atoms with Gasteiger partial charge in [0.2, 0.25) is 5.89 Å². The summed E-state index contributed by atoms with van der Waals surface area (Å²) in [5.74, 6) is -1.30. The van der Waals surface area contributed by atoms with Gasteiger partial charge in [0, 0.05) is 0 Å². The zero-order valence-electron chi connectivity index (χ0n) is 9.14. The predicted molar refractivity (Wildman–Crippen MR) is 50.6 cm³/mol. The van der Waals surface area contributed by atoms with Crippen LogP contribution in [0.4, 0.5) is 13.2 Å². The second-order valence-corrected chi connectivity index (χ2v) is 3.36. The number of rotatable bonds is 5. The lowest BCUT2D eigenvalue weighted by atomic mass is 10.2. The van der Waals surface area contributed by atoms with Crippen LogP contribution < -0.4 is 5.32 Å². The Morgan fingerprint density at radius 3 is 2.44 bits per heavy atom. The second-order valence-electron chi connectivity index (χ2n) is 3.36. The van der Waals surface area contributed by atoms with Crippen molar-refractivity contribution in [3.63, 3.8) is 0 Å². The second kappa shape index (κ2) is 5.29. The fourth-order valence-electron chi connectivity index (χ4n) is 1.21. The molecule has 92 valence electrons. The van der Waals surface area contributed by atoms with Gasteiger partial charge in [0.25, 0.3) is 0 Å². The smallest absolute Gasteiger partial charge is 0.416 e. The maximum atomic E-state index is 12.2. The van der Waals surface area contributed by atoms with Crippen LogP contribution in [0.15, 0.2) is 4.42 Å². The van der Waals surface area contributed by atoms with Crippen molar-refractivity contribution in [3.8, 4) is 0 Å². The first kappa shape index (κ1) is 13.0. The van der Waals surface area contributed by atoms with E-state index in [9.17, 15) is 13.2 Å². The fraction of sp³-hybridized carbons (Fsp3) is 0.778. The highest BCUT2D eigenvalue weighted by Gasteiger charge is 2.38. The topological polar surface area (TPSA) is 51.0 Å². The van der Waals surface area contributed by atoms with E-state index in [2.05, 4.69) is 19.9 Å². The van der Waals surface area contributed by atoms with E-state index in [1.54, 1.807) is 0 Å². The molecule has 0 amide bonds. The van der Waals surface area contributed by atoms with Crippen LogP contribution in [0.3, 0.4) is 0 Å². The molecule has 7 heteroatoms. The zero-order chi connectivity index (χ0) is 12.2. The number of halogens is 3. The van der Waals surface area contributed by atoms with Gasteiger partial charge in [0.1, 0.15) is 0 Å². The monoisotopic (exact) mass is 237 g/mol. The molecule has 16 heavy (non-hydrogen) atoms. The van der Waals surface area contributed by atoms with Gasteiger partial charge in [-0.2, -0.15) is 13.2 Å². The van der Waals surface area contributed by atoms with Crippen molar-refractivity contribution in [3.05, 3.63) is 11.8 Å². The van der Waals surface area contributed by atoms with Crippen LogP contribution in [0.25, 0.3) is 0 Å². The number of nitrogens with zero attached hydrogens (tertiary/aromatic N) is 2. The highest BCUT2D eigenvalue weighted by atomic mass is 19.4. The lowest BCUT2D eigenvalue weighted by Gasteiger charge is -2.11. The quantitative estimate of drug-likeness (QED) is 0.855. The van der Waals surface area contributed by atoms with Crippen LogP contribution >= 0.6 is 0 Å². The molecule has 4 nitrogen and oxygen atoms in total. The summed E-state index contributed by atoms with van der Waals surface area (Å²) in [5.41, 5.74) is 0. The summed E-state index contributed by atoms with van der Waals surface area (Å²) in [4.78, 5) is 0. The summed E-state index contributed by atoms with van der Waals surface area (Å²) >= 11 is 0. The van der Waals surface area contributed by atoms with Crippen molar-refractivity contribution in [2.45, 2.75) is 38.9 Å². The molecule has 0 fully saturated rings. The Labute approximate surface area is 91.2 Å². The van der Waals surface area contributed by atoms with E-state index in [1.807, 2.05) is 13.8 Å². The van der Waals surface area contributed by atoms with Crippen molar-refractivity contribution in [2.24, 2.45) is 0 Å².